The second-order valence-electron chi connectivity index (χ2n) is 4.14. The minimum Gasteiger partial charge on any atom is -0.317 e. The van der Waals surface area contributed by atoms with Gasteiger partial charge < -0.3 is 5.21 Å². The highest BCUT2D eigenvalue weighted by molar-refractivity contribution is 4.59. The van der Waals surface area contributed by atoms with Gasteiger partial charge in [0.25, 0.3) is 0 Å². The third-order valence-corrected chi connectivity index (χ3v) is 2.83. The van der Waals surface area contributed by atoms with E-state index in [1.807, 2.05) is 0 Å². The zero-order valence-corrected chi connectivity index (χ0v) is 9.89. The number of hydrogen-bond acceptors (Lipinski definition) is 2. The summed E-state index contributed by atoms with van der Waals surface area (Å²) in [6, 6.07) is 0.311. The van der Waals surface area contributed by atoms with Gasteiger partial charge in [-0.2, -0.15) is 0 Å². The maximum atomic E-state index is 8.75. The zero-order valence-electron chi connectivity index (χ0n) is 9.89. The molecule has 0 radical (unpaired) electrons. The lowest BCUT2D eigenvalue weighted by molar-refractivity contribution is 0.118. The van der Waals surface area contributed by atoms with Gasteiger partial charge >= 0.3 is 0 Å². The number of nitrogens with one attached hydrogen (secondary N) is 1. The van der Waals surface area contributed by atoms with E-state index >= 15 is 0 Å². The first-order valence-electron chi connectivity index (χ1n) is 6.24. The van der Waals surface area contributed by atoms with Gasteiger partial charge in [-0.25, -0.2) is 5.48 Å². The molecule has 0 spiro atoms. The van der Waals surface area contributed by atoms with E-state index in [1.54, 1.807) is 0 Å². The van der Waals surface area contributed by atoms with Gasteiger partial charge in [-0.3, -0.25) is 0 Å². The summed E-state index contributed by atoms with van der Waals surface area (Å²) >= 11 is 0. The van der Waals surface area contributed by atoms with Crippen LogP contribution < -0.4 is 5.48 Å². The normalized spacial score (nSPS) is 13.1. The Morgan fingerprint density at radius 1 is 0.929 bits per heavy atom. The Morgan fingerprint density at radius 3 is 2.00 bits per heavy atom. The second-order valence-corrected chi connectivity index (χ2v) is 4.14. The van der Waals surface area contributed by atoms with E-state index in [0.717, 1.165) is 12.8 Å². The summed E-state index contributed by atoms with van der Waals surface area (Å²) in [5.74, 6) is 0. The first-order valence-corrected chi connectivity index (χ1v) is 6.24. The molecule has 2 nitrogen and oxygen atoms in total. The predicted octanol–water partition coefficient (Wildman–Crippen LogP) is 3.88. The molecule has 0 aliphatic heterocycles. The maximum Gasteiger partial charge on any atom is 0.0317 e. The molecule has 1 atom stereocenters. The number of hydrogen-bond donors (Lipinski definition) is 2. The van der Waals surface area contributed by atoms with E-state index in [1.165, 1.54) is 44.9 Å². The molecule has 0 bridgehead atoms. The molecule has 2 heteroatoms. The summed E-state index contributed by atoms with van der Waals surface area (Å²) in [5.41, 5.74) is 2.36. The second kappa shape index (κ2) is 11.0. The van der Waals surface area contributed by atoms with Crippen molar-refractivity contribution in [2.45, 2.75) is 77.7 Å². The fraction of sp³-hybridized carbons (Fsp3) is 1.00. The first kappa shape index (κ1) is 13.9. The van der Waals surface area contributed by atoms with Crippen molar-refractivity contribution in [1.29, 1.82) is 0 Å². The fourth-order valence-electron chi connectivity index (χ4n) is 1.71. The third kappa shape index (κ3) is 8.52. The Labute approximate surface area is 89.1 Å². The number of hydroxylamine groups is 1. The molecule has 0 rings (SSSR count). The van der Waals surface area contributed by atoms with Crippen LogP contribution in [0.1, 0.15) is 71.6 Å². The summed E-state index contributed by atoms with van der Waals surface area (Å²) < 4.78 is 0. The molecule has 0 aliphatic rings. The summed E-state index contributed by atoms with van der Waals surface area (Å²) in [6.07, 6.45) is 11.6. The van der Waals surface area contributed by atoms with E-state index in [9.17, 15) is 0 Å². The quantitative estimate of drug-likeness (QED) is 0.415. The van der Waals surface area contributed by atoms with Crippen molar-refractivity contribution in [3.8, 4) is 0 Å². The van der Waals surface area contributed by atoms with Crippen molar-refractivity contribution in [3.63, 3.8) is 0 Å². The molecule has 1 unspecified atom stereocenters. The zero-order chi connectivity index (χ0) is 10.6. The van der Waals surface area contributed by atoms with Crippen molar-refractivity contribution in [2.24, 2.45) is 0 Å². The first-order chi connectivity index (χ1) is 6.85. The van der Waals surface area contributed by atoms with Gasteiger partial charge in [0.05, 0.1) is 0 Å². The molecule has 0 aromatic carbocycles. The van der Waals surface area contributed by atoms with Gasteiger partial charge in [0.2, 0.25) is 0 Å². The standard InChI is InChI=1S/C12H27NO/c1-3-5-6-7-8-9-10-11-12(4-2)13-14/h12-14H,3-11H2,1-2H3. The lowest BCUT2D eigenvalue weighted by Crippen LogP contribution is -2.24. The van der Waals surface area contributed by atoms with Crippen molar-refractivity contribution < 1.29 is 5.21 Å². The number of unbranched alkanes of at least 4 members (excludes halogenated alkanes) is 6. The van der Waals surface area contributed by atoms with Crippen LogP contribution in [0.4, 0.5) is 0 Å². The molecular formula is C12H27NO. The van der Waals surface area contributed by atoms with E-state index < -0.39 is 0 Å². The number of rotatable bonds is 10. The lowest BCUT2D eigenvalue weighted by atomic mass is 10.0. The maximum absolute atomic E-state index is 8.75. The summed E-state index contributed by atoms with van der Waals surface area (Å²) in [6.45, 7) is 4.36. The minimum absolute atomic E-state index is 0.311. The molecule has 14 heavy (non-hydrogen) atoms. The van der Waals surface area contributed by atoms with Crippen molar-refractivity contribution in [3.05, 3.63) is 0 Å². The van der Waals surface area contributed by atoms with Gasteiger partial charge in [0.15, 0.2) is 0 Å². The highest BCUT2D eigenvalue weighted by Crippen LogP contribution is 2.10. The topological polar surface area (TPSA) is 32.3 Å². The Hall–Kier alpha value is -0.0800. The van der Waals surface area contributed by atoms with Gasteiger partial charge in [-0.15, -0.1) is 0 Å². The highest BCUT2D eigenvalue weighted by atomic mass is 16.5. The third-order valence-electron chi connectivity index (χ3n) is 2.83. The average Bonchev–Trinajstić information content (AvgIpc) is 2.22. The average molecular weight is 201 g/mol. The molecule has 0 aromatic rings. The van der Waals surface area contributed by atoms with Crippen LogP contribution in [0.15, 0.2) is 0 Å². The van der Waals surface area contributed by atoms with E-state index in [0.29, 0.717) is 6.04 Å². The van der Waals surface area contributed by atoms with Crippen LogP contribution in [-0.2, 0) is 0 Å². The lowest BCUT2D eigenvalue weighted by Gasteiger charge is -2.11. The molecule has 0 saturated carbocycles. The summed E-state index contributed by atoms with van der Waals surface area (Å²) in [4.78, 5) is 0. The van der Waals surface area contributed by atoms with Crippen molar-refractivity contribution >= 4 is 0 Å². The minimum atomic E-state index is 0.311. The predicted molar refractivity (Wildman–Crippen MR) is 61.6 cm³/mol. The monoisotopic (exact) mass is 201 g/mol. The molecule has 86 valence electrons. The Balaban J connectivity index is 3.04. The smallest absolute Gasteiger partial charge is 0.0317 e. The molecule has 0 saturated heterocycles. The van der Waals surface area contributed by atoms with E-state index in [-0.39, 0.29) is 0 Å². The van der Waals surface area contributed by atoms with Crippen LogP contribution in [0, 0.1) is 0 Å². The van der Waals surface area contributed by atoms with Crippen LogP contribution in [0.3, 0.4) is 0 Å². The van der Waals surface area contributed by atoms with Gasteiger partial charge in [0, 0.05) is 6.04 Å². The van der Waals surface area contributed by atoms with Gasteiger partial charge in [0.1, 0.15) is 0 Å². The van der Waals surface area contributed by atoms with Crippen LogP contribution in [0.25, 0.3) is 0 Å². The van der Waals surface area contributed by atoms with Gasteiger partial charge in [-0.05, 0) is 12.8 Å². The molecule has 0 fully saturated rings. The molecule has 0 aromatic heterocycles. The SMILES string of the molecule is CCCCCCCCCC(CC)NO. The van der Waals surface area contributed by atoms with Crippen LogP contribution in [-0.4, -0.2) is 11.2 Å². The van der Waals surface area contributed by atoms with E-state index in [4.69, 9.17) is 5.21 Å². The fourth-order valence-corrected chi connectivity index (χ4v) is 1.71. The molecular weight excluding hydrogens is 174 g/mol. The molecule has 0 aliphatic carbocycles. The highest BCUT2D eigenvalue weighted by Gasteiger charge is 2.02. The largest absolute Gasteiger partial charge is 0.317 e. The summed E-state index contributed by atoms with van der Waals surface area (Å²) in [7, 11) is 0. The van der Waals surface area contributed by atoms with Gasteiger partial charge in [-0.1, -0.05) is 58.8 Å². The Kier molecular flexibility index (Phi) is 10.9. The van der Waals surface area contributed by atoms with Crippen molar-refractivity contribution in [2.75, 3.05) is 0 Å². The molecule has 0 amide bonds. The Morgan fingerprint density at radius 2 is 1.50 bits per heavy atom. The van der Waals surface area contributed by atoms with Crippen LogP contribution in [0.5, 0.6) is 0 Å². The van der Waals surface area contributed by atoms with Crippen LogP contribution >= 0.6 is 0 Å². The van der Waals surface area contributed by atoms with Crippen molar-refractivity contribution in [1.82, 2.24) is 5.48 Å². The molecule has 2 N–H and O–H groups in total. The molecule has 0 heterocycles. The summed E-state index contributed by atoms with van der Waals surface area (Å²) in [5, 5.41) is 8.75. The Bertz CT molecular complexity index is 102. The van der Waals surface area contributed by atoms with Crippen LogP contribution in [0.2, 0.25) is 0 Å². The van der Waals surface area contributed by atoms with E-state index in [2.05, 4.69) is 19.3 Å².